The number of hydrogen-bond acceptors (Lipinski definition) is 5. The molecule has 2 aromatic rings. The van der Waals surface area contributed by atoms with Gasteiger partial charge >= 0.3 is 5.76 Å². The topological polar surface area (TPSA) is 83.0 Å². The molecule has 1 fully saturated rings. The molecule has 2 heterocycles. The molecular weight excluding hydrogens is 342 g/mol. The normalized spacial score (nSPS) is 16.5. The van der Waals surface area contributed by atoms with Crippen LogP contribution in [0.1, 0.15) is 19.8 Å². The molecule has 1 aromatic heterocycles. The zero-order valence-electron chi connectivity index (χ0n) is 13.1. The Morgan fingerprint density at radius 3 is 2.67 bits per heavy atom. The Morgan fingerprint density at radius 1 is 1.33 bits per heavy atom. The Kier molecular flexibility index (Phi) is 5.95. The molecule has 1 aliphatic heterocycles. The average molecular weight is 361 g/mol. The Balaban J connectivity index is 0.00000208. The molecule has 6 nitrogen and oxygen atoms in total. The SMILES string of the molecule is CC(Nc1cc(-c2n[nH]c(=O)o2)cc(F)c1F)C1CCNCC1.Cl. The van der Waals surface area contributed by atoms with Gasteiger partial charge in [0, 0.05) is 11.6 Å². The molecule has 9 heteroatoms. The molecule has 0 amide bonds. The smallest absolute Gasteiger partial charge is 0.388 e. The minimum absolute atomic E-state index is 0. The standard InChI is InChI=1S/C15H18F2N4O2.ClH/c1-8(9-2-4-18-5-3-9)19-12-7-10(6-11(16)13(12)17)14-20-21-15(22)23-14;/h6-9,18-19H,2-5H2,1H3,(H,21,22);1H. The second-order valence-corrected chi connectivity index (χ2v) is 5.76. The Morgan fingerprint density at radius 2 is 2.04 bits per heavy atom. The van der Waals surface area contributed by atoms with E-state index in [0.717, 1.165) is 32.0 Å². The summed E-state index contributed by atoms with van der Waals surface area (Å²) in [7, 11) is 0. The molecule has 24 heavy (non-hydrogen) atoms. The highest BCUT2D eigenvalue weighted by Crippen LogP contribution is 2.28. The van der Waals surface area contributed by atoms with Crippen molar-refractivity contribution < 1.29 is 13.2 Å². The number of piperidine rings is 1. The van der Waals surface area contributed by atoms with Crippen LogP contribution in [0.2, 0.25) is 0 Å². The van der Waals surface area contributed by atoms with Crippen LogP contribution in [-0.4, -0.2) is 29.3 Å². The van der Waals surface area contributed by atoms with Crippen molar-refractivity contribution in [1.29, 1.82) is 0 Å². The number of nitrogens with zero attached hydrogens (tertiary/aromatic N) is 1. The third-order valence-electron chi connectivity index (χ3n) is 4.19. The molecular formula is C15H19ClF2N4O2. The first-order valence-electron chi connectivity index (χ1n) is 7.57. The molecule has 1 unspecified atom stereocenters. The highest BCUT2D eigenvalue weighted by Gasteiger charge is 2.22. The predicted octanol–water partition coefficient (Wildman–Crippen LogP) is 2.53. The molecule has 3 rings (SSSR count). The van der Waals surface area contributed by atoms with E-state index in [1.807, 2.05) is 6.92 Å². The van der Waals surface area contributed by atoms with Crippen molar-refractivity contribution >= 4 is 18.1 Å². The lowest BCUT2D eigenvalue weighted by Gasteiger charge is -2.29. The van der Waals surface area contributed by atoms with Crippen LogP contribution in [0.25, 0.3) is 11.5 Å². The summed E-state index contributed by atoms with van der Waals surface area (Å²) in [6.45, 7) is 3.80. The molecule has 1 atom stereocenters. The molecule has 0 saturated carbocycles. The number of hydrogen-bond donors (Lipinski definition) is 3. The number of H-pyrrole nitrogens is 1. The Labute approximate surface area is 143 Å². The summed E-state index contributed by atoms with van der Waals surface area (Å²) >= 11 is 0. The van der Waals surface area contributed by atoms with E-state index < -0.39 is 17.4 Å². The van der Waals surface area contributed by atoms with Crippen molar-refractivity contribution in [3.05, 3.63) is 34.3 Å². The summed E-state index contributed by atoms with van der Waals surface area (Å²) in [5.41, 5.74) is 0.235. The summed E-state index contributed by atoms with van der Waals surface area (Å²) in [6, 6.07) is 2.34. The van der Waals surface area contributed by atoms with Crippen LogP contribution in [0.3, 0.4) is 0 Å². The molecule has 1 aromatic carbocycles. The van der Waals surface area contributed by atoms with Crippen LogP contribution in [0.4, 0.5) is 14.5 Å². The molecule has 0 spiro atoms. The van der Waals surface area contributed by atoms with Crippen LogP contribution in [0.15, 0.2) is 21.3 Å². The van der Waals surface area contributed by atoms with Crippen molar-refractivity contribution in [2.24, 2.45) is 5.92 Å². The zero-order valence-corrected chi connectivity index (χ0v) is 13.9. The summed E-state index contributed by atoms with van der Waals surface area (Å²) in [6.07, 6.45) is 1.96. The van der Waals surface area contributed by atoms with E-state index in [4.69, 9.17) is 4.42 Å². The average Bonchev–Trinajstić information content (AvgIpc) is 2.99. The molecule has 0 aliphatic carbocycles. The second-order valence-electron chi connectivity index (χ2n) is 5.76. The van der Waals surface area contributed by atoms with E-state index in [-0.39, 0.29) is 35.6 Å². The number of halogens is 3. The van der Waals surface area contributed by atoms with Gasteiger partial charge in [-0.25, -0.2) is 18.7 Å². The number of aromatic amines is 1. The lowest BCUT2D eigenvalue weighted by atomic mass is 9.91. The minimum Gasteiger partial charge on any atom is -0.388 e. The van der Waals surface area contributed by atoms with E-state index in [2.05, 4.69) is 20.8 Å². The van der Waals surface area contributed by atoms with Crippen LogP contribution in [0, 0.1) is 17.6 Å². The van der Waals surface area contributed by atoms with Gasteiger partial charge in [0.1, 0.15) is 0 Å². The van der Waals surface area contributed by atoms with Crippen LogP contribution in [0.5, 0.6) is 0 Å². The third kappa shape index (κ3) is 3.93. The van der Waals surface area contributed by atoms with E-state index >= 15 is 0 Å². The third-order valence-corrected chi connectivity index (χ3v) is 4.19. The number of anilines is 1. The van der Waals surface area contributed by atoms with Gasteiger partial charge in [-0.15, -0.1) is 17.5 Å². The van der Waals surface area contributed by atoms with E-state index in [0.29, 0.717) is 5.92 Å². The van der Waals surface area contributed by atoms with Crippen molar-refractivity contribution in [3.8, 4) is 11.5 Å². The molecule has 1 saturated heterocycles. The lowest BCUT2D eigenvalue weighted by Crippen LogP contribution is -2.36. The molecule has 0 radical (unpaired) electrons. The van der Waals surface area contributed by atoms with Gasteiger partial charge in [-0.05, 0) is 50.9 Å². The van der Waals surface area contributed by atoms with E-state index in [9.17, 15) is 13.6 Å². The fourth-order valence-electron chi connectivity index (χ4n) is 2.88. The van der Waals surface area contributed by atoms with Crippen LogP contribution >= 0.6 is 12.4 Å². The molecule has 1 aliphatic rings. The number of rotatable bonds is 4. The van der Waals surface area contributed by atoms with Gasteiger partial charge in [-0.2, -0.15) is 0 Å². The van der Waals surface area contributed by atoms with Gasteiger partial charge in [-0.1, -0.05) is 0 Å². The monoisotopic (exact) mass is 360 g/mol. The van der Waals surface area contributed by atoms with Gasteiger partial charge in [0.05, 0.1) is 5.69 Å². The maximum Gasteiger partial charge on any atom is 0.434 e. The fourth-order valence-corrected chi connectivity index (χ4v) is 2.88. The predicted molar refractivity (Wildman–Crippen MR) is 88.4 cm³/mol. The van der Waals surface area contributed by atoms with Crippen molar-refractivity contribution in [3.63, 3.8) is 0 Å². The fraction of sp³-hybridized carbons (Fsp3) is 0.467. The molecule has 0 bridgehead atoms. The van der Waals surface area contributed by atoms with Gasteiger partial charge in [0.25, 0.3) is 0 Å². The van der Waals surface area contributed by atoms with Gasteiger partial charge < -0.3 is 15.1 Å². The summed E-state index contributed by atoms with van der Waals surface area (Å²) in [5, 5.41) is 12.0. The number of aromatic nitrogens is 2. The highest BCUT2D eigenvalue weighted by atomic mass is 35.5. The van der Waals surface area contributed by atoms with E-state index in [1.165, 1.54) is 6.07 Å². The zero-order chi connectivity index (χ0) is 16.4. The highest BCUT2D eigenvalue weighted by molar-refractivity contribution is 5.85. The van der Waals surface area contributed by atoms with Crippen molar-refractivity contribution in [1.82, 2.24) is 15.5 Å². The lowest BCUT2D eigenvalue weighted by molar-refractivity contribution is 0.342. The maximum absolute atomic E-state index is 14.1. The van der Waals surface area contributed by atoms with Crippen molar-refractivity contribution in [2.45, 2.75) is 25.8 Å². The quantitative estimate of drug-likeness (QED) is 0.780. The summed E-state index contributed by atoms with van der Waals surface area (Å²) in [4.78, 5) is 11.0. The largest absolute Gasteiger partial charge is 0.434 e. The second kappa shape index (κ2) is 7.76. The Bertz CT molecular complexity index is 743. The van der Waals surface area contributed by atoms with Gasteiger partial charge in [0.15, 0.2) is 11.6 Å². The molecule has 132 valence electrons. The minimum atomic E-state index is -1.02. The maximum atomic E-state index is 14.1. The summed E-state index contributed by atoms with van der Waals surface area (Å²) in [5.74, 6) is -2.42. The first-order chi connectivity index (χ1) is 11.0. The van der Waals surface area contributed by atoms with Crippen LogP contribution < -0.4 is 16.4 Å². The first kappa shape index (κ1) is 18.4. The number of nitrogens with one attached hydrogen (secondary N) is 3. The van der Waals surface area contributed by atoms with Crippen molar-refractivity contribution in [2.75, 3.05) is 18.4 Å². The number of benzene rings is 1. The molecule has 3 N–H and O–H groups in total. The Hall–Kier alpha value is -1.93. The summed E-state index contributed by atoms with van der Waals surface area (Å²) < 4.78 is 32.7. The van der Waals surface area contributed by atoms with E-state index in [1.54, 1.807) is 0 Å². The van der Waals surface area contributed by atoms with Gasteiger partial charge in [0.2, 0.25) is 5.89 Å². The first-order valence-corrected chi connectivity index (χ1v) is 7.57. The van der Waals surface area contributed by atoms with Crippen LogP contribution in [-0.2, 0) is 0 Å². The van der Waals surface area contributed by atoms with Gasteiger partial charge in [-0.3, -0.25) is 0 Å².